The Hall–Kier alpha value is -0.100. The zero-order valence-electron chi connectivity index (χ0n) is 8.41. The summed E-state index contributed by atoms with van der Waals surface area (Å²) in [5, 5.41) is 7.78. The van der Waals surface area contributed by atoms with Gasteiger partial charge in [0.2, 0.25) is 0 Å². The van der Waals surface area contributed by atoms with E-state index in [4.69, 9.17) is 0 Å². The molecule has 1 heterocycles. The Morgan fingerprint density at radius 3 is 3.07 bits per heavy atom. The maximum absolute atomic E-state index is 4.24. The first-order valence-corrected chi connectivity index (χ1v) is 6.25. The van der Waals surface area contributed by atoms with Gasteiger partial charge in [0, 0.05) is 18.8 Å². The van der Waals surface area contributed by atoms with Crippen LogP contribution in [-0.2, 0) is 6.54 Å². The highest BCUT2D eigenvalue weighted by Crippen LogP contribution is 2.32. The predicted molar refractivity (Wildman–Crippen MR) is 65.1 cm³/mol. The number of halogens is 1. The highest BCUT2D eigenvalue weighted by atomic mass is 127. The number of aromatic nitrogens is 2. The van der Waals surface area contributed by atoms with Crippen molar-refractivity contribution < 1.29 is 0 Å². The van der Waals surface area contributed by atoms with E-state index >= 15 is 0 Å². The van der Waals surface area contributed by atoms with Crippen molar-refractivity contribution >= 4 is 22.6 Å². The molecule has 0 saturated heterocycles. The SMILES string of the molecule is CC(NCCn1cc(I)cn1)C1CC1. The molecule has 0 bridgehead atoms. The van der Waals surface area contributed by atoms with Gasteiger partial charge in [0.25, 0.3) is 0 Å². The van der Waals surface area contributed by atoms with Gasteiger partial charge in [0.15, 0.2) is 0 Å². The second kappa shape index (κ2) is 4.61. The molecule has 1 unspecified atom stereocenters. The molecule has 1 aliphatic rings. The molecule has 2 rings (SSSR count). The molecule has 0 amide bonds. The van der Waals surface area contributed by atoms with E-state index in [1.165, 1.54) is 16.4 Å². The van der Waals surface area contributed by atoms with Crippen LogP contribution >= 0.6 is 22.6 Å². The van der Waals surface area contributed by atoms with E-state index in [1.54, 1.807) is 0 Å². The van der Waals surface area contributed by atoms with Gasteiger partial charge in [-0.15, -0.1) is 0 Å². The van der Waals surface area contributed by atoms with Crippen molar-refractivity contribution in [2.45, 2.75) is 32.4 Å². The summed E-state index contributed by atoms with van der Waals surface area (Å²) in [6.45, 7) is 4.28. The molecule has 3 nitrogen and oxygen atoms in total. The molecule has 78 valence electrons. The van der Waals surface area contributed by atoms with Crippen molar-refractivity contribution in [3.05, 3.63) is 16.0 Å². The molecule has 1 aromatic heterocycles. The zero-order chi connectivity index (χ0) is 9.97. The van der Waals surface area contributed by atoms with Crippen LogP contribution in [0.2, 0.25) is 0 Å². The molecule has 14 heavy (non-hydrogen) atoms. The zero-order valence-corrected chi connectivity index (χ0v) is 10.6. The van der Waals surface area contributed by atoms with Crippen LogP contribution in [0.1, 0.15) is 19.8 Å². The van der Waals surface area contributed by atoms with Crippen molar-refractivity contribution in [1.82, 2.24) is 15.1 Å². The van der Waals surface area contributed by atoms with Crippen LogP contribution in [0.5, 0.6) is 0 Å². The third-order valence-corrected chi connectivity index (χ3v) is 3.30. The van der Waals surface area contributed by atoms with Gasteiger partial charge in [-0.2, -0.15) is 5.10 Å². The lowest BCUT2D eigenvalue weighted by Gasteiger charge is -2.12. The van der Waals surface area contributed by atoms with Gasteiger partial charge in [-0.05, 0) is 48.3 Å². The fourth-order valence-corrected chi connectivity index (χ4v) is 2.08. The third kappa shape index (κ3) is 2.95. The molecule has 1 atom stereocenters. The number of rotatable bonds is 5. The first-order chi connectivity index (χ1) is 6.75. The topological polar surface area (TPSA) is 29.9 Å². The summed E-state index contributed by atoms with van der Waals surface area (Å²) in [6.07, 6.45) is 6.79. The molecule has 1 aromatic rings. The molecule has 1 N–H and O–H groups in total. The first-order valence-electron chi connectivity index (χ1n) is 5.17. The normalized spacial score (nSPS) is 18.4. The quantitative estimate of drug-likeness (QED) is 0.842. The van der Waals surface area contributed by atoms with Crippen LogP contribution in [0, 0.1) is 9.49 Å². The summed E-state index contributed by atoms with van der Waals surface area (Å²) >= 11 is 2.28. The molecule has 0 aliphatic heterocycles. The van der Waals surface area contributed by atoms with Gasteiger partial charge >= 0.3 is 0 Å². The fraction of sp³-hybridized carbons (Fsp3) is 0.700. The number of hydrogen-bond acceptors (Lipinski definition) is 2. The lowest BCUT2D eigenvalue weighted by molar-refractivity contribution is 0.463. The van der Waals surface area contributed by atoms with Crippen LogP contribution in [0.3, 0.4) is 0 Å². The molecule has 1 saturated carbocycles. The number of nitrogens with one attached hydrogen (secondary N) is 1. The molecule has 0 spiro atoms. The van der Waals surface area contributed by atoms with Gasteiger partial charge in [0.05, 0.1) is 16.3 Å². The van der Waals surface area contributed by atoms with E-state index in [9.17, 15) is 0 Å². The Labute approximate surface area is 98.4 Å². The minimum absolute atomic E-state index is 0.685. The summed E-state index contributed by atoms with van der Waals surface area (Å²) in [6, 6.07) is 0.685. The largest absolute Gasteiger partial charge is 0.312 e. The predicted octanol–water partition coefficient (Wildman–Crippen LogP) is 1.88. The Kier molecular flexibility index (Phi) is 3.43. The van der Waals surface area contributed by atoms with Gasteiger partial charge in [-0.3, -0.25) is 4.68 Å². The molecule has 1 fully saturated rings. The van der Waals surface area contributed by atoms with Crippen LogP contribution in [-0.4, -0.2) is 22.4 Å². The van der Waals surface area contributed by atoms with E-state index in [-0.39, 0.29) is 0 Å². The average Bonchev–Trinajstić information content (AvgIpc) is 2.92. The van der Waals surface area contributed by atoms with Gasteiger partial charge in [-0.25, -0.2) is 0 Å². The number of hydrogen-bond donors (Lipinski definition) is 1. The van der Waals surface area contributed by atoms with Crippen molar-refractivity contribution in [2.75, 3.05) is 6.54 Å². The smallest absolute Gasteiger partial charge is 0.0623 e. The van der Waals surface area contributed by atoms with E-state index in [2.05, 4.69) is 46.1 Å². The lowest BCUT2D eigenvalue weighted by Crippen LogP contribution is -2.31. The minimum atomic E-state index is 0.685. The van der Waals surface area contributed by atoms with Gasteiger partial charge < -0.3 is 5.32 Å². The third-order valence-electron chi connectivity index (χ3n) is 2.74. The summed E-state index contributed by atoms with van der Waals surface area (Å²) < 4.78 is 3.20. The fourth-order valence-electron chi connectivity index (χ4n) is 1.63. The molecule has 4 heteroatoms. The second-order valence-corrected chi connectivity index (χ2v) is 5.25. The monoisotopic (exact) mass is 305 g/mol. The maximum Gasteiger partial charge on any atom is 0.0623 e. The summed E-state index contributed by atoms with van der Waals surface area (Å²) in [7, 11) is 0. The van der Waals surface area contributed by atoms with Crippen LogP contribution in [0.15, 0.2) is 12.4 Å². The van der Waals surface area contributed by atoms with Gasteiger partial charge in [0.1, 0.15) is 0 Å². The lowest BCUT2D eigenvalue weighted by atomic mass is 10.2. The van der Waals surface area contributed by atoms with Crippen molar-refractivity contribution in [2.24, 2.45) is 5.92 Å². The first kappa shape index (κ1) is 10.4. The highest BCUT2D eigenvalue weighted by molar-refractivity contribution is 14.1. The van der Waals surface area contributed by atoms with Crippen molar-refractivity contribution in [1.29, 1.82) is 0 Å². The Balaban J connectivity index is 1.67. The molecule has 0 aromatic carbocycles. The second-order valence-electron chi connectivity index (χ2n) is 4.00. The average molecular weight is 305 g/mol. The Morgan fingerprint density at radius 1 is 1.71 bits per heavy atom. The van der Waals surface area contributed by atoms with Crippen molar-refractivity contribution in [3.63, 3.8) is 0 Å². The Bertz CT molecular complexity index is 293. The van der Waals surface area contributed by atoms with Crippen LogP contribution < -0.4 is 5.32 Å². The number of nitrogens with zero attached hydrogens (tertiary/aromatic N) is 2. The van der Waals surface area contributed by atoms with Crippen LogP contribution in [0.25, 0.3) is 0 Å². The molecular weight excluding hydrogens is 289 g/mol. The highest BCUT2D eigenvalue weighted by Gasteiger charge is 2.27. The summed E-state index contributed by atoms with van der Waals surface area (Å²) in [4.78, 5) is 0. The molecule has 1 aliphatic carbocycles. The summed E-state index contributed by atoms with van der Waals surface area (Å²) in [5.41, 5.74) is 0. The van der Waals surface area contributed by atoms with E-state index in [0.29, 0.717) is 6.04 Å². The standard InChI is InChI=1S/C10H16IN3/c1-8(9-2-3-9)12-4-5-14-7-10(11)6-13-14/h6-9,12H,2-5H2,1H3. The van der Waals surface area contributed by atoms with Crippen molar-refractivity contribution in [3.8, 4) is 0 Å². The molecular formula is C10H16IN3. The van der Waals surface area contributed by atoms with Crippen LogP contribution in [0.4, 0.5) is 0 Å². The van der Waals surface area contributed by atoms with E-state index < -0.39 is 0 Å². The van der Waals surface area contributed by atoms with Gasteiger partial charge in [-0.1, -0.05) is 0 Å². The van der Waals surface area contributed by atoms with E-state index in [0.717, 1.165) is 19.0 Å². The maximum atomic E-state index is 4.24. The minimum Gasteiger partial charge on any atom is -0.312 e. The summed E-state index contributed by atoms with van der Waals surface area (Å²) in [5.74, 6) is 0.938. The van der Waals surface area contributed by atoms with E-state index in [1.807, 2.05) is 10.9 Å². The Morgan fingerprint density at radius 2 is 2.50 bits per heavy atom. The molecule has 0 radical (unpaired) electrons.